The number of halogens is 2. The molecule has 0 fully saturated rings. The first-order valence-corrected chi connectivity index (χ1v) is 9.44. The van der Waals surface area contributed by atoms with Crippen molar-refractivity contribution in [2.75, 3.05) is 17.2 Å². The highest BCUT2D eigenvalue weighted by atomic mass is 19.3. The average molecular weight is 415 g/mol. The fourth-order valence-electron chi connectivity index (χ4n) is 2.68. The Bertz CT molecular complexity index is 940. The minimum Gasteiger partial charge on any atom is -0.435 e. The lowest BCUT2D eigenvalue weighted by Gasteiger charge is -2.20. The molecule has 0 unspecified atom stereocenters. The Morgan fingerprint density at radius 2 is 1.80 bits per heavy atom. The molecule has 0 aliphatic carbocycles. The summed E-state index contributed by atoms with van der Waals surface area (Å²) in [6.45, 7) is 1.03. The van der Waals surface area contributed by atoms with Gasteiger partial charge in [0.1, 0.15) is 11.6 Å². The summed E-state index contributed by atoms with van der Waals surface area (Å²) in [5.41, 5.74) is 1.89. The number of nitrogens with zero attached hydrogens (tertiary/aromatic N) is 3. The van der Waals surface area contributed by atoms with Gasteiger partial charge in [-0.05, 0) is 42.3 Å². The second-order valence-electron chi connectivity index (χ2n) is 6.88. The standard InChI is InChI=1S/C21H23F2N5O2/c1-13(2)18(12-29)27-21-26-17(16-5-3-4-10-24-16)11-19(28-21)25-14-6-8-15(9-7-14)30-20(22)23/h3-11,13,18,20,29H,12H2,1-2H3,(H2,25,26,27,28)/t18-/m1/s1. The Morgan fingerprint density at radius 1 is 1.03 bits per heavy atom. The number of ether oxygens (including phenoxy) is 1. The zero-order valence-electron chi connectivity index (χ0n) is 16.6. The van der Waals surface area contributed by atoms with Crippen LogP contribution in [0.5, 0.6) is 5.75 Å². The molecule has 0 saturated carbocycles. The van der Waals surface area contributed by atoms with Crippen LogP contribution < -0.4 is 15.4 Å². The molecule has 30 heavy (non-hydrogen) atoms. The Hall–Kier alpha value is -3.33. The monoisotopic (exact) mass is 415 g/mol. The van der Waals surface area contributed by atoms with Crippen molar-refractivity contribution in [3.05, 3.63) is 54.7 Å². The van der Waals surface area contributed by atoms with Gasteiger partial charge in [-0.15, -0.1) is 0 Å². The van der Waals surface area contributed by atoms with Crippen molar-refractivity contribution >= 4 is 17.5 Å². The number of hydrogen-bond donors (Lipinski definition) is 3. The fraction of sp³-hybridized carbons (Fsp3) is 0.286. The highest BCUT2D eigenvalue weighted by molar-refractivity contribution is 5.65. The van der Waals surface area contributed by atoms with Gasteiger partial charge in [0.15, 0.2) is 0 Å². The minimum atomic E-state index is -2.87. The van der Waals surface area contributed by atoms with E-state index < -0.39 is 6.61 Å². The second kappa shape index (κ2) is 9.93. The van der Waals surface area contributed by atoms with E-state index in [2.05, 4.69) is 30.3 Å². The summed E-state index contributed by atoms with van der Waals surface area (Å²) in [7, 11) is 0. The van der Waals surface area contributed by atoms with Crippen LogP contribution in [-0.2, 0) is 0 Å². The summed E-state index contributed by atoms with van der Waals surface area (Å²) in [6, 6.07) is 13.1. The molecule has 1 aromatic carbocycles. The topological polar surface area (TPSA) is 92.2 Å². The van der Waals surface area contributed by atoms with Crippen LogP contribution in [-0.4, -0.2) is 39.3 Å². The Kier molecular flexibility index (Phi) is 7.08. The van der Waals surface area contributed by atoms with Crippen molar-refractivity contribution < 1.29 is 18.6 Å². The van der Waals surface area contributed by atoms with E-state index >= 15 is 0 Å². The Balaban J connectivity index is 1.89. The molecule has 3 rings (SSSR count). The lowest BCUT2D eigenvalue weighted by atomic mass is 10.1. The van der Waals surface area contributed by atoms with Crippen LogP contribution in [0.1, 0.15) is 13.8 Å². The van der Waals surface area contributed by atoms with Crippen molar-refractivity contribution in [3.63, 3.8) is 0 Å². The predicted octanol–water partition coefficient (Wildman–Crippen LogP) is 4.31. The molecule has 0 aliphatic rings. The first kappa shape index (κ1) is 21.4. The number of aliphatic hydroxyl groups excluding tert-OH is 1. The van der Waals surface area contributed by atoms with Gasteiger partial charge in [-0.2, -0.15) is 13.8 Å². The van der Waals surface area contributed by atoms with Crippen LogP contribution in [0.2, 0.25) is 0 Å². The molecule has 2 aromatic heterocycles. The molecule has 158 valence electrons. The van der Waals surface area contributed by atoms with E-state index in [0.29, 0.717) is 28.8 Å². The number of hydrogen-bond acceptors (Lipinski definition) is 7. The van der Waals surface area contributed by atoms with Crippen molar-refractivity contribution in [2.24, 2.45) is 5.92 Å². The van der Waals surface area contributed by atoms with Crippen LogP contribution in [0.3, 0.4) is 0 Å². The smallest absolute Gasteiger partial charge is 0.387 e. The summed E-state index contributed by atoms with van der Waals surface area (Å²) < 4.78 is 29.0. The molecule has 9 heteroatoms. The van der Waals surface area contributed by atoms with Gasteiger partial charge in [-0.1, -0.05) is 19.9 Å². The number of rotatable bonds is 9. The van der Waals surface area contributed by atoms with Gasteiger partial charge in [-0.25, -0.2) is 4.98 Å². The number of anilines is 3. The largest absolute Gasteiger partial charge is 0.435 e. The van der Waals surface area contributed by atoms with E-state index in [9.17, 15) is 13.9 Å². The number of aliphatic hydroxyl groups is 1. The molecule has 0 aliphatic heterocycles. The van der Waals surface area contributed by atoms with Crippen molar-refractivity contribution in [3.8, 4) is 17.1 Å². The third kappa shape index (κ3) is 5.84. The van der Waals surface area contributed by atoms with Gasteiger partial charge < -0.3 is 20.5 Å². The maximum Gasteiger partial charge on any atom is 0.387 e. The molecule has 2 heterocycles. The fourth-order valence-corrected chi connectivity index (χ4v) is 2.68. The third-order valence-electron chi connectivity index (χ3n) is 4.32. The SMILES string of the molecule is CC(C)[C@@H](CO)Nc1nc(Nc2ccc(OC(F)F)cc2)cc(-c2ccccn2)n1. The number of pyridine rings is 1. The van der Waals surface area contributed by atoms with E-state index in [0.717, 1.165) is 0 Å². The van der Waals surface area contributed by atoms with Gasteiger partial charge in [0, 0.05) is 18.0 Å². The number of alkyl halides is 2. The zero-order valence-corrected chi connectivity index (χ0v) is 16.6. The molecule has 3 N–H and O–H groups in total. The van der Waals surface area contributed by atoms with Crippen LogP contribution in [0.15, 0.2) is 54.7 Å². The van der Waals surface area contributed by atoms with Crippen molar-refractivity contribution in [2.45, 2.75) is 26.5 Å². The highest BCUT2D eigenvalue weighted by Gasteiger charge is 2.15. The lowest BCUT2D eigenvalue weighted by Crippen LogP contribution is -2.30. The van der Waals surface area contributed by atoms with Crippen LogP contribution in [0.4, 0.5) is 26.2 Å². The van der Waals surface area contributed by atoms with E-state index in [-0.39, 0.29) is 24.3 Å². The summed E-state index contributed by atoms with van der Waals surface area (Å²) in [5, 5.41) is 15.9. The van der Waals surface area contributed by atoms with Gasteiger partial charge in [0.05, 0.1) is 24.0 Å². The normalized spacial score (nSPS) is 12.1. The van der Waals surface area contributed by atoms with Crippen molar-refractivity contribution in [1.29, 1.82) is 0 Å². The molecule has 0 bridgehead atoms. The van der Waals surface area contributed by atoms with Gasteiger partial charge in [0.25, 0.3) is 0 Å². The zero-order chi connectivity index (χ0) is 21.5. The molecule has 7 nitrogen and oxygen atoms in total. The van der Waals surface area contributed by atoms with Crippen LogP contribution >= 0.6 is 0 Å². The Morgan fingerprint density at radius 3 is 2.40 bits per heavy atom. The number of benzene rings is 1. The summed E-state index contributed by atoms with van der Waals surface area (Å²) >= 11 is 0. The van der Waals surface area contributed by atoms with Gasteiger partial charge in [0.2, 0.25) is 5.95 Å². The van der Waals surface area contributed by atoms with Gasteiger partial charge in [-0.3, -0.25) is 4.98 Å². The quantitative estimate of drug-likeness (QED) is 0.479. The highest BCUT2D eigenvalue weighted by Crippen LogP contribution is 2.24. The minimum absolute atomic E-state index is 0.0663. The predicted molar refractivity (Wildman–Crippen MR) is 111 cm³/mol. The third-order valence-corrected chi connectivity index (χ3v) is 4.32. The van der Waals surface area contributed by atoms with E-state index in [4.69, 9.17) is 0 Å². The summed E-state index contributed by atoms with van der Waals surface area (Å²) in [4.78, 5) is 13.3. The van der Waals surface area contributed by atoms with E-state index in [1.54, 1.807) is 24.4 Å². The van der Waals surface area contributed by atoms with Crippen LogP contribution in [0, 0.1) is 5.92 Å². The van der Waals surface area contributed by atoms with Gasteiger partial charge >= 0.3 is 6.61 Å². The molecular weight excluding hydrogens is 392 g/mol. The summed E-state index contributed by atoms with van der Waals surface area (Å²) in [5.74, 6) is 1.05. The number of nitrogens with one attached hydrogen (secondary N) is 2. The maximum absolute atomic E-state index is 12.3. The van der Waals surface area contributed by atoms with Crippen LogP contribution in [0.25, 0.3) is 11.4 Å². The molecule has 0 saturated heterocycles. The molecule has 1 atom stereocenters. The van der Waals surface area contributed by atoms with E-state index in [1.807, 2.05) is 32.0 Å². The molecule has 3 aromatic rings. The second-order valence-corrected chi connectivity index (χ2v) is 6.88. The molecule has 0 radical (unpaired) electrons. The maximum atomic E-state index is 12.3. The molecule has 0 spiro atoms. The molecule has 0 amide bonds. The Labute approximate surface area is 173 Å². The van der Waals surface area contributed by atoms with E-state index in [1.165, 1.54) is 12.1 Å². The number of aromatic nitrogens is 3. The lowest BCUT2D eigenvalue weighted by molar-refractivity contribution is -0.0498. The average Bonchev–Trinajstić information content (AvgIpc) is 2.73. The first-order valence-electron chi connectivity index (χ1n) is 9.44. The summed E-state index contributed by atoms with van der Waals surface area (Å²) in [6.07, 6.45) is 1.67. The first-order chi connectivity index (χ1) is 14.4. The van der Waals surface area contributed by atoms with Crippen molar-refractivity contribution in [1.82, 2.24) is 15.0 Å². The molecular formula is C21H23F2N5O2.